The molecule has 0 bridgehead atoms. The summed E-state index contributed by atoms with van der Waals surface area (Å²) in [6, 6.07) is 13.1. The fraction of sp³-hybridized carbons (Fsp3) is 0.353. The first kappa shape index (κ1) is 14.5. The van der Waals surface area contributed by atoms with Crippen molar-refractivity contribution in [1.82, 2.24) is 10.3 Å². The van der Waals surface area contributed by atoms with Gasteiger partial charge >= 0.3 is 0 Å². The van der Waals surface area contributed by atoms with E-state index in [-0.39, 0.29) is 0 Å². The smallest absolute Gasteiger partial charge is 0.213 e. The van der Waals surface area contributed by atoms with Crippen LogP contribution < -0.4 is 10.1 Å². The van der Waals surface area contributed by atoms with Crippen LogP contribution in [0.4, 0.5) is 0 Å². The van der Waals surface area contributed by atoms with Crippen molar-refractivity contribution in [3.8, 4) is 17.0 Å². The lowest BCUT2D eigenvalue weighted by Crippen LogP contribution is -2.19. The number of rotatable bonds is 6. The van der Waals surface area contributed by atoms with Gasteiger partial charge in [0.25, 0.3) is 0 Å². The summed E-state index contributed by atoms with van der Waals surface area (Å²) >= 11 is 0. The quantitative estimate of drug-likeness (QED) is 0.866. The number of benzene rings is 1. The first-order chi connectivity index (χ1) is 9.78. The third-order valence-corrected chi connectivity index (χ3v) is 3.45. The van der Waals surface area contributed by atoms with E-state index in [0.29, 0.717) is 11.9 Å². The Balaban J connectivity index is 2.22. The maximum absolute atomic E-state index is 5.17. The minimum absolute atomic E-state index is 0.432. The second-order valence-corrected chi connectivity index (χ2v) is 4.73. The molecule has 3 nitrogen and oxygen atoms in total. The Morgan fingerprint density at radius 2 is 1.85 bits per heavy atom. The summed E-state index contributed by atoms with van der Waals surface area (Å²) in [5.74, 6) is 0.644. The molecule has 0 saturated heterocycles. The molecule has 1 N–H and O–H groups in total. The van der Waals surface area contributed by atoms with E-state index >= 15 is 0 Å². The number of aromatic nitrogens is 1. The van der Waals surface area contributed by atoms with E-state index in [1.165, 1.54) is 11.1 Å². The number of ether oxygens (including phenoxy) is 1. The standard InChI is InChI=1S/C17H22N2O/c1-4-16(18-5-2)14-8-6-13(7-9-14)15-10-11-19-17(12-15)20-3/h6-12,16,18H,4-5H2,1-3H3. The van der Waals surface area contributed by atoms with Crippen molar-refractivity contribution in [1.29, 1.82) is 0 Å². The highest BCUT2D eigenvalue weighted by atomic mass is 16.5. The van der Waals surface area contributed by atoms with Crippen molar-refractivity contribution >= 4 is 0 Å². The van der Waals surface area contributed by atoms with E-state index in [2.05, 4.69) is 48.4 Å². The molecule has 0 radical (unpaired) electrons. The van der Waals surface area contributed by atoms with E-state index < -0.39 is 0 Å². The van der Waals surface area contributed by atoms with Crippen molar-refractivity contribution in [3.05, 3.63) is 48.2 Å². The van der Waals surface area contributed by atoms with E-state index in [0.717, 1.165) is 18.5 Å². The number of pyridine rings is 1. The molecule has 3 heteroatoms. The van der Waals surface area contributed by atoms with Gasteiger partial charge in [-0.3, -0.25) is 0 Å². The number of nitrogens with one attached hydrogen (secondary N) is 1. The van der Waals surface area contributed by atoms with Crippen LogP contribution in [0.25, 0.3) is 11.1 Å². The predicted octanol–water partition coefficient (Wildman–Crippen LogP) is 3.82. The molecule has 106 valence electrons. The molecule has 1 heterocycles. The van der Waals surface area contributed by atoms with Gasteiger partial charge in [-0.25, -0.2) is 4.98 Å². The van der Waals surface area contributed by atoms with Crippen LogP contribution in [0, 0.1) is 0 Å². The Morgan fingerprint density at radius 1 is 1.10 bits per heavy atom. The average molecular weight is 270 g/mol. The lowest BCUT2D eigenvalue weighted by atomic mass is 10.00. The van der Waals surface area contributed by atoms with Gasteiger partial charge in [0.1, 0.15) is 0 Å². The molecular weight excluding hydrogens is 248 g/mol. The molecule has 0 aliphatic heterocycles. The van der Waals surface area contributed by atoms with Crippen LogP contribution in [0.3, 0.4) is 0 Å². The summed E-state index contributed by atoms with van der Waals surface area (Å²) in [5.41, 5.74) is 3.64. The molecule has 2 rings (SSSR count). The maximum Gasteiger partial charge on any atom is 0.213 e. The first-order valence-corrected chi connectivity index (χ1v) is 7.12. The molecule has 2 aromatic rings. The van der Waals surface area contributed by atoms with Crippen LogP contribution in [-0.2, 0) is 0 Å². The number of hydrogen-bond acceptors (Lipinski definition) is 3. The van der Waals surface area contributed by atoms with Crippen LogP contribution in [-0.4, -0.2) is 18.6 Å². The summed E-state index contributed by atoms with van der Waals surface area (Å²) in [6.07, 6.45) is 2.87. The number of hydrogen-bond donors (Lipinski definition) is 1. The van der Waals surface area contributed by atoms with Gasteiger partial charge in [-0.2, -0.15) is 0 Å². The summed E-state index contributed by atoms with van der Waals surface area (Å²) in [7, 11) is 1.64. The molecule has 1 unspecified atom stereocenters. The molecule has 0 aliphatic carbocycles. The third-order valence-electron chi connectivity index (χ3n) is 3.45. The fourth-order valence-electron chi connectivity index (χ4n) is 2.35. The molecule has 0 spiro atoms. The van der Waals surface area contributed by atoms with Crippen LogP contribution >= 0.6 is 0 Å². The molecule has 1 aromatic carbocycles. The Kier molecular flexibility index (Phi) is 5.13. The summed E-state index contributed by atoms with van der Waals surface area (Å²) in [4.78, 5) is 4.13. The van der Waals surface area contributed by atoms with Gasteiger partial charge < -0.3 is 10.1 Å². The topological polar surface area (TPSA) is 34.2 Å². The lowest BCUT2D eigenvalue weighted by molar-refractivity contribution is 0.398. The number of nitrogens with zero attached hydrogens (tertiary/aromatic N) is 1. The highest BCUT2D eigenvalue weighted by Gasteiger charge is 2.08. The van der Waals surface area contributed by atoms with Crippen LogP contribution in [0.5, 0.6) is 5.88 Å². The van der Waals surface area contributed by atoms with Gasteiger partial charge in [-0.05, 0) is 35.7 Å². The molecular formula is C17H22N2O. The monoisotopic (exact) mass is 270 g/mol. The zero-order valence-corrected chi connectivity index (χ0v) is 12.4. The van der Waals surface area contributed by atoms with E-state index in [1.54, 1.807) is 13.3 Å². The molecule has 0 saturated carbocycles. The second-order valence-electron chi connectivity index (χ2n) is 4.73. The Labute approximate surface area is 121 Å². The fourth-order valence-corrected chi connectivity index (χ4v) is 2.35. The van der Waals surface area contributed by atoms with Gasteiger partial charge in [-0.1, -0.05) is 38.1 Å². The van der Waals surface area contributed by atoms with Crippen molar-refractivity contribution in [3.63, 3.8) is 0 Å². The zero-order chi connectivity index (χ0) is 14.4. The maximum atomic E-state index is 5.17. The van der Waals surface area contributed by atoms with Crippen LogP contribution in [0.2, 0.25) is 0 Å². The normalized spacial score (nSPS) is 12.2. The molecule has 20 heavy (non-hydrogen) atoms. The predicted molar refractivity (Wildman–Crippen MR) is 82.9 cm³/mol. The Bertz CT molecular complexity index is 537. The summed E-state index contributed by atoms with van der Waals surface area (Å²) in [6.45, 7) is 5.33. The minimum atomic E-state index is 0.432. The molecule has 1 atom stereocenters. The molecule has 1 aromatic heterocycles. The van der Waals surface area contributed by atoms with Crippen molar-refractivity contribution < 1.29 is 4.74 Å². The zero-order valence-electron chi connectivity index (χ0n) is 12.4. The molecule has 0 aliphatic rings. The SMILES string of the molecule is CCNC(CC)c1ccc(-c2ccnc(OC)c2)cc1. The van der Waals surface area contributed by atoms with Crippen molar-refractivity contribution in [2.45, 2.75) is 26.3 Å². The van der Waals surface area contributed by atoms with Crippen LogP contribution in [0.15, 0.2) is 42.6 Å². The summed E-state index contributed by atoms with van der Waals surface area (Å²) < 4.78 is 5.17. The molecule has 0 amide bonds. The van der Waals surface area contributed by atoms with Crippen molar-refractivity contribution in [2.24, 2.45) is 0 Å². The van der Waals surface area contributed by atoms with Gasteiger partial charge in [-0.15, -0.1) is 0 Å². The minimum Gasteiger partial charge on any atom is -0.481 e. The van der Waals surface area contributed by atoms with E-state index in [9.17, 15) is 0 Å². The van der Waals surface area contributed by atoms with Gasteiger partial charge in [0.2, 0.25) is 5.88 Å². The number of methoxy groups -OCH3 is 1. The van der Waals surface area contributed by atoms with Crippen LogP contribution in [0.1, 0.15) is 31.9 Å². The Hall–Kier alpha value is -1.87. The Morgan fingerprint density at radius 3 is 2.45 bits per heavy atom. The largest absolute Gasteiger partial charge is 0.481 e. The third kappa shape index (κ3) is 3.36. The highest BCUT2D eigenvalue weighted by molar-refractivity contribution is 5.64. The van der Waals surface area contributed by atoms with E-state index in [4.69, 9.17) is 4.74 Å². The van der Waals surface area contributed by atoms with Crippen molar-refractivity contribution in [2.75, 3.05) is 13.7 Å². The molecule has 0 fully saturated rings. The lowest BCUT2D eigenvalue weighted by Gasteiger charge is -2.16. The van der Waals surface area contributed by atoms with Gasteiger partial charge in [0.15, 0.2) is 0 Å². The highest BCUT2D eigenvalue weighted by Crippen LogP contribution is 2.24. The van der Waals surface area contributed by atoms with Gasteiger partial charge in [0.05, 0.1) is 7.11 Å². The second kappa shape index (κ2) is 7.06. The summed E-state index contributed by atoms with van der Waals surface area (Å²) in [5, 5.41) is 3.50. The van der Waals surface area contributed by atoms with Gasteiger partial charge in [0, 0.05) is 18.3 Å². The first-order valence-electron chi connectivity index (χ1n) is 7.12. The average Bonchev–Trinajstić information content (AvgIpc) is 2.53. The van der Waals surface area contributed by atoms with E-state index in [1.807, 2.05) is 12.1 Å².